The third kappa shape index (κ3) is 1.95. The Kier molecular flexibility index (Phi) is 2.53. The third-order valence-corrected chi connectivity index (χ3v) is 2.55. The topological polar surface area (TPSA) is 0 Å². The lowest BCUT2D eigenvalue weighted by Gasteiger charge is -1.99. The zero-order chi connectivity index (χ0) is 9.97. The van der Waals surface area contributed by atoms with E-state index in [1.165, 1.54) is 22.3 Å². The maximum atomic E-state index is 3.43. The Morgan fingerprint density at radius 1 is 1.36 bits per heavy atom. The van der Waals surface area contributed by atoms with E-state index in [0.717, 1.165) is 12.8 Å². The minimum absolute atomic E-state index is 1.06. The lowest BCUT2D eigenvalue weighted by atomic mass is 10.1. The summed E-state index contributed by atoms with van der Waals surface area (Å²) in [4.78, 5) is 0. The molecule has 0 spiro atoms. The molecule has 0 aromatic rings. The first kappa shape index (κ1) is 9.26. The molecule has 2 rings (SSSR count). The molecule has 0 heteroatoms. The Hall–Kier alpha value is -1.30. The highest BCUT2D eigenvalue weighted by atomic mass is 14.1. The quantitative estimate of drug-likeness (QED) is 0.609. The first-order valence-corrected chi connectivity index (χ1v) is 5.08. The van der Waals surface area contributed by atoms with E-state index in [1.54, 1.807) is 0 Å². The Labute approximate surface area is 86.0 Å². The molecule has 0 saturated heterocycles. The van der Waals surface area contributed by atoms with Gasteiger partial charge in [-0.3, -0.25) is 0 Å². The summed E-state index contributed by atoms with van der Waals surface area (Å²) < 4.78 is 0. The van der Waals surface area contributed by atoms with Crippen molar-refractivity contribution in [1.82, 2.24) is 0 Å². The smallest absolute Gasteiger partial charge is 0.00545 e. The molecular formula is C14H15. The fraction of sp³-hybridized carbons (Fsp3) is 0.286. The van der Waals surface area contributed by atoms with Crippen LogP contribution in [0.1, 0.15) is 26.7 Å². The van der Waals surface area contributed by atoms with Gasteiger partial charge in [-0.15, -0.1) is 0 Å². The van der Waals surface area contributed by atoms with Crippen LogP contribution in [0.5, 0.6) is 0 Å². The second kappa shape index (κ2) is 3.83. The summed E-state index contributed by atoms with van der Waals surface area (Å²) in [6.07, 6.45) is 16.5. The molecule has 0 heterocycles. The molecule has 0 unspecified atom stereocenters. The molecule has 0 nitrogen and oxygen atoms in total. The van der Waals surface area contributed by atoms with Gasteiger partial charge >= 0.3 is 0 Å². The van der Waals surface area contributed by atoms with E-state index >= 15 is 0 Å². The molecule has 0 bridgehead atoms. The van der Waals surface area contributed by atoms with Crippen molar-refractivity contribution in [2.45, 2.75) is 26.7 Å². The van der Waals surface area contributed by atoms with E-state index in [9.17, 15) is 0 Å². The molecule has 0 aromatic carbocycles. The predicted molar refractivity (Wildman–Crippen MR) is 60.7 cm³/mol. The van der Waals surface area contributed by atoms with Gasteiger partial charge < -0.3 is 0 Å². The molecule has 1 radical (unpaired) electrons. The molecule has 0 atom stereocenters. The zero-order valence-corrected chi connectivity index (χ0v) is 8.80. The van der Waals surface area contributed by atoms with E-state index in [2.05, 4.69) is 50.3 Å². The lowest BCUT2D eigenvalue weighted by Crippen LogP contribution is -1.81. The van der Waals surface area contributed by atoms with Gasteiger partial charge in [-0.05, 0) is 43.9 Å². The van der Waals surface area contributed by atoms with E-state index in [0.29, 0.717) is 0 Å². The van der Waals surface area contributed by atoms with Gasteiger partial charge in [-0.1, -0.05) is 41.5 Å². The fourth-order valence-electron chi connectivity index (χ4n) is 1.70. The molecule has 0 aliphatic heterocycles. The van der Waals surface area contributed by atoms with Gasteiger partial charge in [0.25, 0.3) is 0 Å². The van der Waals surface area contributed by atoms with Crippen LogP contribution in [0.25, 0.3) is 0 Å². The highest BCUT2D eigenvalue weighted by molar-refractivity contribution is 5.45. The minimum Gasteiger partial charge on any atom is -0.0804 e. The number of hydrogen-bond donors (Lipinski definition) is 0. The highest BCUT2D eigenvalue weighted by Gasteiger charge is 2.07. The highest BCUT2D eigenvalue weighted by Crippen LogP contribution is 2.25. The average molecular weight is 183 g/mol. The largest absolute Gasteiger partial charge is 0.0804 e. The maximum absolute atomic E-state index is 3.43. The Balaban J connectivity index is 2.05. The second-order valence-electron chi connectivity index (χ2n) is 4.03. The van der Waals surface area contributed by atoms with E-state index < -0.39 is 0 Å². The van der Waals surface area contributed by atoms with Crippen LogP contribution in [0.3, 0.4) is 0 Å². The van der Waals surface area contributed by atoms with Crippen LogP contribution < -0.4 is 0 Å². The SMILES string of the molecule is CC(C)=C1[C]=C(CC2=CC=CC2)C=C1. The van der Waals surface area contributed by atoms with Crippen molar-refractivity contribution in [3.63, 3.8) is 0 Å². The number of allylic oxidation sites excluding steroid dienone is 10. The van der Waals surface area contributed by atoms with Gasteiger partial charge in [0, 0.05) is 0 Å². The fourth-order valence-corrected chi connectivity index (χ4v) is 1.70. The maximum Gasteiger partial charge on any atom is -0.00545 e. The van der Waals surface area contributed by atoms with Crippen molar-refractivity contribution >= 4 is 0 Å². The van der Waals surface area contributed by atoms with Crippen LogP contribution in [-0.4, -0.2) is 0 Å². The molecule has 2 aliphatic rings. The minimum atomic E-state index is 1.06. The summed E-state index contributed by atoms with van der Waals surface area (Å²) in [6, 6.07) is 0. The van der Waals surface area contributed by atoms with Gasteiger partial charge in [-0.25, -0.2) is 0 Å². The van der Waals surface area contributed by atoms with Gasteiger partial charge in [0.15, 0.2) is 0 Å². The molecule has 0 amide bonds. The van der Waals surface area contributed by atoms with Crippen LogP contribution in [0, 0.1) is 6.08 Å². The Morgan fingerprint density at radius 3 is 2.79 bits per heavy atom. The Bertz CT molecular complexity index is 380. The normalized spacial score (nSPS) is 18.9. The predicted octanol–water partition coefficient (Wildman–Crippen LogP) is 3.90. The number of rotatable bonds is 2. The van der Waals surface area contributed by atoms with Gasteiger partial charge in [0.2, 0.25) is 0 Å². The number of hydrogen-bond acceptors (Lipinski definition) is 0. The van der Waals surface area contributed by atoms with E-state index in [4.69, 9.17) is 0 Å². The summed E-state index contributed by atoms with van der Waals surface area (Å²) in [5, 5.41) is 0. The van der Waals surface area contributed by atoms with Crippen molar-refractivity contribution in [3.05, 3.63) is 58.7 Å². The molecule has 14 heavy (non-hydrogen) atoms. The monoisotopic (exact) mass is 183 g/mol. The molecule has 0 aromatic heterocycles. The standard InChI is InChI=1S/C14H15/c1-11(2)14-8-7-13(10-14)9-12-5-3-4-6-12/h3-5,7-8H,6,9H2,1-2H3. The summed E-state index contributed by atoms with van der Waals surface area (Å²) in [6.45, 7) is 4.26. The second-order valence-corrected chi connectivity index (χ2v) is 4.03. The summed E-state index contributed by atoms with van der Waals surface area (Å²) >= 11 is 0. The third-order valence-electron chi connectivity index (χ3n) is 2.55. The zero-order valence-electron chi connectivity index (χ0n) is 8.80. The van der Waals surface area contributed by atoms with Crippen LogP contribution in [0.2, 0.25) is 0 Å². The van der Waals surface area contributed by atoms with Crippen molar-refractivity contribution in [1.29, 1.82) is 0 Å². The summed E-state index contributed by atoms with van der Waals surface area (Å²) in [7, 11) is 0. The average Bonchev–Trinajstić information content (AvgIpc) is 2.75. The molecule has 0 N–H and O–H groups in total. The van der Waals surface area contributed by atoms with Crippen LogP contribution in [-0.2, 0) is 0 Å². The van der Waals surface area contributed by atoms with Crippen LogP contribution in [0.4, 0.5) is 0 Å². The lowest BCUT2D eigenvalue weighted by molar-refractivity contribution is 1.09. The summed E-state index contributed by atoms with van der Waals surface area (Å²) in [5.41, 5.74) is 5.41. The van der Waals surface area contributed by atoms with Crippen molar-refractivity contribution < 1.29 is 0 Å². The van der Waals surface area contributed by atoms with Gasteiger partial charge in [0.1, 0.15) is 0 Å². The van der Waals surface area contributed by atoms with Crippen LogP contribution in [0.15, 0.2) is 52.7 Å². The Morgan fingerprint density at radius 2 is 2.21 bits per heavy atom. The van der Waals surface area contributed by atoms with Gasteiger partial charge in [-0.2, -0.15) is 0 Å². The molecular weight excluding hydrogens is 168 g/mol. The van der Waals surface area contributed by atoms with Crippen molar-refractivity contribution in [3.8, 4) is 0 Å². The first-order valence-electron chi connectivity index (χ1n) is 5.08. The van der Waals surface area contributed by atoms with E-state index in [-0.39, 0.29) is 0 Å². The molecule has 0 saturated carbocycles. The molecule has 2 aliphatic carbocycles. The molecule has 71 valence electrons. The molecule has 0 fully saturated rings. The van der Waals surface area contributed by atoms with Crippen molar-refractivity contribution in [2.75, 3.05) is 0 Å². The van der Waals surface area contributed by atoms with Crippen molar-refractivity contribution in [2.24, 2.45) is 0 Å². The van der Waals surface area contributed by atoms with Gasteiger partial charge in [0.05, 0.1) is 0 Å². The summed E-state index contributed by atoms with van der Waals surface area (Å²) in [5.74, 6) is 0. The van der Waals surface area contributed by atoms with Crippen LogP contribution >= 0.6 is 0 Å². The van der Waals surface area contributed by atoms with E-state index in [1.807, 2.05) is 0 Å². The first-order chi connectivity index (χ1) is 6.75.